The number of nitrogens with zero attached hydrogens (tertiary/aromatic N) is 1. The van der Waals surface area contributed by atoms with Crippen molar-refractivity contribution in [3.05, 3.63) is 52.5 Å². The molecule has 0 saturated heterocycles. The number of hydrogen-bond donors (Lipinski definition) is 1. The Morgan fingerprint density at radius 1 is 1.45 bits per heavy atom. The minimum Gasteiger partial charge on any atom is -0.461 e. The van der Waals surface area contributed by atoms with Crippen molar-refractivity contribution >= 4 is 17.2 Å². The highest BCUT2D eigenvalue weighted by atomic mass is 32.1. The van der Waals surface area contributed by atoms with Crippen LogP contribution in [-0.4, -0.2) is 24.7 Å². The summed E-state index contributed by atoms with van der Waals surface area (Å²) in [6.45, 7) is 0.356. The number of ether oxygens (including phenoxy) is 1. The van der Waals surface area contributed by atoms with Crippen molar-refractivity contribution in [2.75, 3.05) is 13.7 Å². The molecule has 1 amide bonds. The summed E-state index contributed by atoms with van der Waals surface area (Å²) in [6.07, 6.45) is 1.34. The lowest BCUT2D eigenvalue weighted by Gasteiger charge is -2.14. The van der Waals surface area contributed by atoms with Gasteiger partial charge in [-0.3, -0.25) is 4.79 Å². The minimum absolute atomic E-state index is 0.188. The third-order valence-electron chi connectivity index (χ3n) is 3.15. The van der Waals surface area contributed by atoms with Crippen LogP contribution in [-0.2, 0) is 4.74 Å². The van der Waals surface area contributed by atoms with Crippen LogP contribution in [0.4, 0.5) is 0 Å². The third-order valence-corrected chi connectivity index (χ3v) is 3.86. The van der Waals surface area contributed by atoms with Crippen molar-refractivity contribution in [1.29, 1.82) is 0 Å². The molecule has 0 radical (unpaired) electrons. The smallest absolute Gasteiger partial charge is 0.273 e. The van der Waals surface area contributed by atoms with Crippen molar-refractivity contribution < 1.29 is 18.5 Å². The van der Waals surface area contributed by atoms with Crippen LogP contribution in [0.2, 0.25) is 0 Å². The van der Waals surface area contributed by atoms with E-state index >= 15 is 0 Å². The normalized spacial score (nSPS) is 12.2. The molecule has 6 nitrogen and oxygen atoms in total. The summed E-state index contributed by atoms with van der Waals surface area (Å²) in [4.78, 5) is 12.1. The fourth-order valence-corrected chi connectivity index (χ4v) is 2.69. The van der Waals surface area contributed by atoms with Crippen molar-refractivity contribution in [3.63, 3.8) is 0 Å². The van der Waals surface area contributed by atoms with E-state index in [-0.39, 0.29) is 17.7 Å². The second-order valence-corrected chi connectivity index (χ2v) is 5.32. The second kappa shape index (κ2) is 6.59. The molecule has 3 aromatic heterocycles. The summed E-state index contributed by atoms with van der Waals surface area (Å²) in [5, 5.41) is 10.5. The van der Waals surface area contributed by atoms with Gasteiger partial charge in [0.15, 0.2) is 11.5 Å². The average molecular weight is 318 g/mol. The molecule has 1 atom stereocenters. The Morgan fingerprint density at radius 2 is 2.36 bits per heavy atom. The predicted molar refractivity (Wildman–Crippen MR) is 80.6 cm³/mol. The second-order valence-electron chi connectivity index (χ2n) is 4.54. The first-order valence-electron chi connectivity index (χ1n) is 6.61. The van der Waals surface area contributed by atoms with E-state index in [0.29, 0.717) is 18.1 Å². The quantitative estimate of drug-likeness (QED) is 0.755. The zero-order valence-corrected chi connectivity index (χ0v) is 12.6. The Balaban J connectivity index is 1.62. The third kappa shape index (κ3) is 3.10. The van der Waals surface area contributed by atoms with Gasteiger partial charge in [-0.05, 0) is 34.5 Å². The first-order chi connectivity index (χ1) is 10.8. The molecule has 3 aromatic rings. The number of hydrogen-bond acceptors (Lipinski definition) is 6. The van der Waals surface area contributed by atoms with Crippen LogP contribution in [0.15, 0.2) is 50.2 Å². The van der Waals surface area contributed by atoms with Crippen molar-refractivity contribution in [2.24, 2.45) is 0 Å². The Kier molecular flexibility index (Phi) is 4.36. The first kappa shape index (κ1) is 14.6. The highest BCUT2D eigenvalue weighted by molar-refractivity contribution is 7.07. The molecule has 0 saturated carbocycles. The number of nitrogens with one attached hydrogen (secondary N) is 1. The lowest BCUT2D eigenvalue weighted by Crippen LogP contribution is -2.29. The van der Waals surface area contributed by atoms with Gasteiger partial charge in [0, 0.05) is 19.7 Å². The number of amides is 1. The monoisotopic (exact) mass is 318 g/mol. The molecule has 3 rings (SSSR count). The van der Waals surface area contributed by atoms with Gasteiger partial charge in [-0.1, -0.05) is 5.16 Å². The van der Waals surface area contributed by atoms with E-state index < -0.39 is 0 Å². The average Bonchev–Trinajstić information content (AvgIpc) is 3.27. The van der Waals surface area contributed by atoms with Gasteiger partial charge >= 0.3 is 0 Å². The predicted octanol–water partition coefficient (Wildman–Crippen LogP) is 3.11. The summed E-state index contributed by atoms with van der Waals surface area (Å²) in [7, 11) is 1.61. The number of rotatable bonds is 6. The van der Waals surface area contributed by atoms with Gasteiger partial charge in [0.2, 0.25) is 5.76 Å². The van der Waals surface area contributed by atoms with Crippen LogP contribution in [0.5, 0.6) is 0 Å². The molecule has 0 spiro atoms. The van der Waals surface area contributed by atoms with E-state index in [4.69, 9.17) is 13.7 Å². The van der Waals surface area contributed by atoms with Crippen LogP contribution in [0.3, 0.4) is 0 Å². The Bertz CT molecular complexity index is 719. The van der Waals surface area contributed by atoms with E-state index in [1.165, 1.54) is 6.26 Å². The SMILES string of the molecule is CO[C@H](CNC(=O)c1cc(-c2ccco2)on1)c1ccsc1. The molecule has 0 aliphatic rings. The van der Waals surface area contributed by atoms with E-state index in [1.54, 1.807) is 36.6 Å². The van der Waals surface area contributed by atoms with E-state index in [9.17, 15) is 4.79 Å². The molecule has 114 valence electrons. The van der Waals surface area contributed by atoms with Gasteiger partial charge in [-0.2, -0.15) is 11.3 Å². The maximum Gasteiger partial charge on any atom is 0.273 e. The zero-order valence-electron chi connectivity index (χ0n) is 11.8. The van der Waals surface area contributed by atoms with Gasteiger partial charge in [0.25, 0.3) is 5.91 Å². The Morgan fingerprint density at radius 3 is 3.05 bits per heavy atom. The molecule has 22 heavy (non-hydrogen) atoms. The van der Waals surface area contributed by atoms with Crippen LogP contribution >= 0.6 is 11.3 Å². The highest BCUT2D eigenvalue weighted by Gasteiger charge is 2.17. The Hall–Kier alpha value is -2.38. The van der Waals surface area contributed by atoms with Crippen molar-refractivity contribution in [3.8, 4) is 11.5 Å². The summed E-state index contributed by atoms with van der Waals surface area (Å²) in [5.41, 5.74) is 1.23. The maximum atomic E-state index is 12.1. The largest absolute Gasteiger partial charge is 0.461 e. The topological polar surface area (TPSA) is 77.5 Å². The fourth-order valence-electron chi connectivity index (χ4n) is 1.99. The van der Waals surface area contributed by atoms with Crippen LogP contribution in [0, 0.1) is 0 Å². The standard InChI is InChI=1S/C15H14N2O4S/c1-19-14(10-4-6-22-9-10)8-16-15(18)11-7-13(21-17-11)12-3-2-5-20-12/h2-7,9,14H,8H2,1H3,(H,16,18)/t14-/m1/s1. The summed E-state index contributed by atoms with van der Waals surface area (Å²) < 4.78 is 15.7. The number of furan rings is 1. The zero-order chi connectivity index (χ0) is 15.4. The fraction of sp³-hybridized carbons (Fsp3) is 0.200. The van der Waals surface area contributed by atoms with Crippen LogP contribution in [0.1, 0.15) is 22.2 Å². The molecule has 0 bridgehead atoms. The molecule has 0 aliphatic heterocycles. The molecule has 0 unspecified atom stereocenters. The molecule has 0 aromatic carbocycles. The highest BCUT2D eigenvalue weighted by Crippen LogP contribution is 2.21. The van der Waals surface area contributed by atoms with Crippen LogP contribution in [0.25, 0.3) is 11.5 Å². The molecule has 3 heterocycles. The summed E-state index contributed by atoms with van der Waals surface area (Å²) in [5.74, 6) is 0.620. The minimum atomic E-state index is -0.321. The van der Waals surface area contributed by atoms with E-state index in [2.05, 4.69) is 10.5 Å². The maximum absolute atomic E-state index is 12.1. The molecular formula is C15H14N2O4S. The molecule has 0 fully saturated rings. The number of aromatic nitrogens is 1. The summed E-state index contributed by atoms with van der Waals surface area (Å²) in [6, 6.07) is 6.98. The van der Waals surface area contributed by atoms with Gasteiger partial charge in [0.1, 0.15) is 6.10 Å². The number of carbonyl (C=O) groups excluding carboxylic acids is 1. The number of methoxy groups -OCH3 is 1. The summed E-state index contributed by atoms with van der Waals surface area (Å²) >= 11 is 1.59. The molecular weight excluding hydrogens is 304 g/mol. The molecule has 1 N–H and O–H groups in total. The van der Waals surface area contributed by atoms with Crippen molar-refractivity contribution in [2.45, 2.75) is 6.10 Å². The van der Waals surface area contributed by atoms with E-state index in [1.807, 2.05) is 16.8 Å². The van der Waals surface area contributed by atoms with Gasteiger partial charge in [0.05, 0.1) is 6.26 Å². The number of thiophene rings is 1. The lowest BCUT2D eigenvalue weighted by atomic mass is 10.2. The Labute approximate surface area is 130 Å². The lowest BCUT2D eigenvalue weighted by molar-refractivity contribution is 0.0822. The van der Waals surface area contributed by atoms with Gasteiger partial charge in [-0.25, -0.2) is 0 Å². The molecule has 0 aliphatic carbocycles. The van der Waals surface area contributed by atoms with Gasteiger partial charge < -0.3 is 19.0 Å². The number of carbonyl (C=O) groups is 1. The van der Waals surface area contributed by atoms with Gasteiger partial charge in [-0.15, -0.1) is 0 Å². The van der Waals surface area contributed by atoms with Crippen molar-refractivity contribution in [1.82, 2.24) is 10.5 Å². The molecule has 7 heteroatoms. The van der Waals surface area contributed by atoms with Crippen LogP contribution < -0.4 is 5.32 Å². The first-order valence-corrected chi connectivity index (χ1v) is 7.56. The van der Waals surface area contributed by atoms with E-state index in [0.717, 1.165) is 5.56 Å².